The van der Waals surface area contributed by atoms with Crippen LogP contribution >= 0.6 is 23.2 Å². The number of nitro groups is 1. The van der Waals surface area contributed by atoms with Crippen molar-refractivity contribution < 1.29 is 9.66 Å². The van der Waals surface area contributed by atoms with Crippen LogP contribution in [0.2, 0.25) is 10.0 Å². The first kappa shape index (κ1) is 14.1. The first-order valence-electron chi connectivity index (χ1n) is 6.25. The highest BCUT2D eigenvalue weighted by Gasteiger charge is 2.47. The van der Waals surface area contributed by atoms with Crippen molar-refractivity contribution in [3.05, 3.63) is 62.3 Å². The van der Waals surface area contributed by atoms with E-state index in [-0.39, 0.29) is 5.69 Å². The van der Waals surface area contributed by atoms with Gasteiger partial charge < -0.3 is 4.74 Å². The molecule has 0 atom stereocenters. The number of rotatable bonds is 4. The van der Waals surface area contributed by atoms with Gasteiger partial charge in [0.05, 0.1) is 15.0 Å². The Kier molecular flexibility index (Phi) is 3.47. The van der Waals surface area contributed by atoms with Gasteiger partial charge in [0.1, 0.15) is 11.8 Å². The molecule has 1 aromatic heterocycles. The zero-order chi connectivity index (χ0) is 15.0. The third kappa shape index (κ3) is 2.80. The molecule has 0 radical (unpaired) electrons. The van der Waals surface area contributed by atoms with E-state index in [0.29, 0.717) is 15.9 Å². The van der Waals surface area contributed by atoms with Crippen molar-refractivity contribution in [3.8, 4) is 5.88 Å². The number of hydrogen-bond acceptors (Lipinski definition) is 4. The smallest absolute Gasteiger partial charge is 0.287 e. The normalized spacial score (nSPS) is 15.5. The second-order valence-electron chi connectivity index (χ2n) is 4.84. The van der Waals surface area contributed by atoms with E-state index in [1.165, 1.54) is 18.3 Å². The molecule has 5 nitrogen and oxygen atoms in total. The number of ether oxygens (including phenoxy) is 1. The van der Waals surface area contributed by atoms with Crippen LogP contribution in [-0.4, -0.2) is 9.91 Å². The van der Waals surface area contributed by atoms with Gasteiger partial charge in [-0.05, 0) is 30.5 Å². The van der Waals surface area contributed by atoms with Gasteiger partial charge in [0.2, 0.25) is 5.88 Å². The molecule has 0 unspecified atom stereocenters. The van der Waals surface area contributed by atoms with Gasteiger partial charge in [0.15, 0.2) is 0 Å². The molecule has 1 fully saturated rings. The minimum absolute atomic E-state index is 0.0678. The summed E-state index contributed by atoms with van der Waals surface area (Å²) in [5, 5.41) is 11.6. The Labute approximate surface area is 130 Å². The topological polar surface area (TPSA) is 65.3 Å². The predicted octanol–water partition coefficient (Wildman–Crippen LogP) is 4.36. The minimum atomic E-state index is -0.497. The Hall–Kier alpha value is -1.85. The molecule has 1 aliphatic carbocycles. The molecule has 21 heavy (non-hydrogen) atoms. The summed E-state index contributed by atoms with van der Waals surface area (Å²) in [6.07, 6.45) is 2.85. The van der Waals surface area contributed by atoms with Crippen LogP contribution in [0.5, 0.6) is 5.88 Å². The molecule has 1 saturated carbocycles. The van der Waals surface area contributed by atoms with Crippen LogP contribution in [-0.2, 0) is 5.60 Å². The Morgan fingerprint density at radius 2 is 1.95 bits per heavy atom. The molecular weight excluding hydrogens is 315 g/mol. The molecule has 1 aromatic carbocycles. The summed E-state index contributed by atoms with van der Waals surface area (Å²) in [4.78, 5) is 14.1. The Morgan fingerprint density at radius 3 is 2.48 bits per heavy atom. The summed E-state index contributed by atoms with van der Waals surface area (Å²) in [6.45, 7) is 0. The summed E-state index contributed by atoms with van der Waals surface area (Å²) in [6, 6.07) is 8.24. The van der Waals surface area contributed by atoms with Crippen molar-refractivity contribution in [1.82, 2.24) is 4.98 Å². The third-order valence-corrected chi connectivity index (χ3v) is 4.12. The number of hydrogen-bond donors (Lipinski definition) is 0. The van der Waals surface area contributed by atoms with Gasteiger partial charge in [-0.15, -0.1) is 0 Å². The summed E-state index contributed by atoms with van der Waals surface area (Å²) < 4.78 is 5.89. The fourth-order valence-electron chi connectivity index (χ4n) is 2.08. The Morgan fingerprint density at radius 1 is 1.19 bits per heavy atom. The average molecular weight is 325 g/mol. The standard InChI is InChI=1S/C14H10Cl2N2O3/c15-11-3-1-9(7-12(11)16)14(5-6-14)21-13-4-2-10(8-17-13)18(19)20/h1-4,7-8H,5-6H2. The zero-order valence-corrected chi connectivity index (χ0v) is 12.3. The predicted molar refractivity (Wildman–Crippen MR) is 78.9 cm³/mol. The molecule has 0 saturated heterocycles. The van der Waals surface area contributed by atoms with Crippen LogP contribution in [0.1, 0.15) is 18.4 Å². The number of pyridine rings is 1. The van der Waals surface area contributed by atoms with Crippen LogP contribution in [0.25, 0.3) is 0 Å². The van der Waals surface area contributed by atoms with Crippen molar-refractivity contribution >= 4 is 28.9 Å². The van der Waals surface area contributed by atoms with Crippen molar-refractivity contribution in [2.24, 2.45) is 0 Å². The van der Waals surface area contributed by atoms with Crippen LogP contribution in [0.4, 0.5) is 5.69 Å². The fourth-order valence-corrected chi connectivity index (χ4v) is 2.38. The first-order valence-corrected chi connectivity index (χ1v) is 7.01. The lowest BCUT2D eigenvalue weighted by molar-refractivity contribution is -0.385. The summed E-state index contributed by atoms with van der Waals surface area (Å²) in [5.74, 6) is 0.351. The molecule has 108 valence electrons. The van der Waals surface area contributed by atoms with Crippen molar-refractivity contribution in [3.63, 3.8) is 0 Å². The lowest BCUT2D eigenvalue weighted by Crippen LogP contribution is -2.16. The van der Waals surface area contributed by atoms with Crippen molar-refractivity contribution in [2.45, 2.75) is 18.4 Å². The number of halogens is 2. The summed E-state index contributed by atoms with van der Waals surface area (Å²) in [5.41, 5.74) is 0.399. The van der Waals surface area contributed by atoms with E-state index in [1.54, 1.807) is 12.1 Å². The molecular formula is C14H10Cl2N2O3. The lowest BCUT2D eigenvalue weighted by Gasteiger charge is -2.18. The number of nitrogens with zero attached hydrogens (tertiary/aromatic N) is 2. The highest BCUT2D eigenvalue weighted by molar-refractivity contribution is 6.42. The second-order valence-corrected chi connectivity index (χ2v) is 5.65. The lowest BCUT2D eigenvalue weighted by atomic mass is 10.1. The maximum Gasteiger partial charge on any atom is 0.287 e. The van der Waals surface area contributed by atoms with Crippen LogP contribution in [0, 0.1) is 10.1 Å². The minimum Gasteiger partial charge on any atom is -0.466 e. The van der Waals surface area contributed by atoms with Gasteiger partial charge in [-0.3, -0.25) is 10.1 Å². The third-order valence-electron chi connectivity index (χ3n) is 3.38. The zero-order valence-electron chi connectivity index (χ0n) is 10.8. The SMILES string of the molecule is O=[N+]([O-])c1ccc(OC2(c3ccc(Cl)c(Cl)c3)CC2)nc1. The highest BCUT2D eigenvalue weighted by atomic mass is 35.5. The van der Waals surface area contributed by atoms with Gasteiger partial charge in [0, 0.05) is 12.1 Å². The molecule has 7 heteroatoms. The van der Waals surface area contributed by atoms with Gasteiger partial charge in [-0.1, -0.05) is 29.3 Å². The summed E-state index contributed by atoms with van der Waals surface area (Å²) >= 11 is 11.9. The van der Waals surface area contributed by atoms with Crippen molar-refractivity contribution in [2.75, 3.05) is 0 Å². The van der Waals surface area contributed by atoms with Gasteiger partial charge in [-0.2, -0.15) is 0 Å². The van der Waals surface area contributed by atoms with Gasteiger partial charge in [-0.25, -0.2) is 4.98 Å². The molecule has 2 aromatic rings. The van der Waals surface area contributed by atoms with Crippen molar-refractivity contribution in [1.29, 1.82) is 0 Å². The molecule has 0 bridgehead atoms. The highest BCUT2D eigenvalue weighted by Crippen LogP contribution is 2.50. The van der Waals surface area contributed by atoms with Gasteiger partial charge in [0.25, 0.3) is 5.69 Å². The second kappa shape index (κ2) is 5.16. The van der Waals surface area contributed by atoms with E-state index in [9.17, 15) is 10.1 Å². The molecule has 1 heterocycles. The van der Waals surface area contributed by atoms with E-state index in [4.69, 9.17) is 27.9 Å². The van der Waals surface area contributed by atoms with E-state index in [0.717, 1.165) is 18.4 Å². The Balaban J connectivity index is 1.83. The Bertz CT molecular complexity index is 700. The van der Waals surface area contributed by atoms with Crippen LogP contribution in [0.15, 0.2) is 36.5 Å². The molecule has 0 N–H and O–H groups in total. The van der Waals surface area contributed by atoms with Crippen LogP contribution in [0.3, 0.4) is 0 Å². The summed E-state index contributed by atoms with van der Waals surface area (Å²) in [7, 11) is 0. The van der Waals surface area contributed by atoms with Gasteiger partial charge >= 0.3 is 0 Å². The fraction of sp³-hybridized carbons (Fsp3) is 0.214. The monoisotopic (exact) mass is 324 g/mol. The first-order chi connectivity index (χ1) is 10.00. The average Bonchev–Trinajstić information content (AvgIpc) is 3.23. The largest absolute Gasteiger partial charge is 0.466 e. The van der Waals surface area contributed by atoms with E-state index in [2.05, 4.69) is 4.98 Å². The van der Waals surface area contributed by atoms with E-state index in [1.807, 2.05) is 6.07 Å². The van der Waals surface area contributed by atoms with E-state index < -0.39 is 10.5 Å². The maximum absolute atomic E-state index is 10.6. The number of benzene rings is 1. The maximum atomic E-state index is 10.6. The molecule has 0 spiro atoms. The molecule has 3 rings (SSSR count). The molecule has 0 amide bonds. The molecule has 0 aliphatic heterocycles. The number of aromatic nitrogens is 1. The van der Waals surface area contributed by atoms with Crippen LogP contribution < -0.4 is 4.74 Å². The quantitative estimate of drug-likeness (QED) is 0.619. The van der Waals surface area contributed by atoms with E-state index >= 15 is 0 Å². The molecule has 1 aliphatic rings.